The molecule has 0 saturated carbocycles. The average Bonchev–Trinajstić information content (AvgIpc) is 2.77. The van der Waals surface area contributed by atoms with Gasteiger partial charge in [-0.3, -0.25) is 9.78 Å². The number of hydrogen-bond acceptors (Lipinski definition) is 5. The van der Waals surface area contributed by atoms with Crippen molar-refractivity contribution in [2.45, 2.75) is 32.5 Å². The number of carbonyl (C=O) groups excluding carboxylic acids is 2. The SMILES string of the molecule is CCOC(=O)c1ccnc(C2=NC(=O)C(C)(C(C)F)N2)c1. The van der Waals surface area contributed by atoms with E-state index in [2.05, 4.69) is 15.3 Å². The molecule has 0 spiro atoms. The number of hydrogen-bond donors (Lipinski definition) is 1. The molecule has 2 unspecified atom stereocenters. The maximum absolute atomic E-state index is 13.6. The van der Waals surface area contributed by atoms with E-state index < -0.39 is 23.6 Å². The third-order valence-electron chi connectivity index (χ3n) is 3.34. The van der Waals surface area contributed by atoms with Gasteiger partial charge in [0.1, 0.15) is 17.4 Å². The van der Waals surface area contributed by atoms with Gasteiger partial charge in [0.2, 0.25) is 0 Å². The first-order valence-electron chi connectivity index (χ1n) is 6.57. The summed E-state index contributed by atoms with van der Waals surface area (Å²) in [4.78, 5) is 31.3. The quantitative estimate of drug-likeness (QED) is 0.845. The van der Waals surface area contributed by atoms with Crippen molar-refractivity contribution in [3.63, 3.8) is 0 Å². The summed E-state index contributed by atoms with van der Waals surface area (Å²) in [5.41, 5.74) is -0.823. The van der Waals surface area contributed by atoms with E-state index in [1.54, 1.807) is 6.92 Å². The lowest BCUT2D eigenvalue weighted by atomic mass is 9.97. The Morgan fingerprint density at radius 1 is 1.57 bits per heavy atom. The molecular formula is C14H16FN3O3. The number of nitrogens with zero attached hydrogens (tertiary/aromatic N) is 2. The average molecular weight is 293 g/mol. The molecule has 1 aromatic rings. The van der Waals surface area contributed by atoms with Crippen LogP contribution in [-0.2, 0) is 9.53 Å². The van der Waals surface area contributed by atoms with Crippen LogP contribution in [0.1, 0.15) is 36.8 Å². The monoisotopic (exact) mass is 293 g/mol. The molecule has 7 heteroatoms. The summed E-state index contributed by atoms with van der Waals surface area (Å²) in [6, 6.07) is 2.95. The molecule has 112 valence electrons. The van der Waals surface area contributed by atoms with Crippen molar-refractivity contribution < 1.29 is 18.7 Å². The maximum Gasteiger partial charge on any atom is 0.338 e. The highest BCUT2D eigenvalue weighted by molar-refractivity contribution is 6.13. The van der Waals surface area contributed by atoms with E-state index in [1.807, 2.05) is 0 Å². The minimum atomic E-state index is -1.42. The second kappa shape index (κ2) is 5.59. The lowest BCUT2D eigenvalue weighted by Crippen LogP contribution is -2.52. The van der Waals surface area contributed by atoms with Gasteiger partial charge in [-0.2, -0.15) is 4.99 Å². The zero-order chi connectivity index (χ0) is 15.6. The Bertz CT molecular complexity index is 615. The number of carbonyl (C=O) groups is 2. The minimum Gasteiger partial charge on any atom is -0.462 e. The fourth-order valence-corrected chi connectivity index (χ4v) is 1.84. The summed E-state index contributed by atoms with van der Waals surface area (Å²) >= 11 is 0. The summed E-state index contributed by atoms with van der Waals surface area (Å²) in [6.07, 6.45) is -0.00960. The first-order chi connectivity index (χ1) is 9.88. The summed E-state index contributed by atoms with van der Waals surface area (Å²) in [7, 11) is 0. The molecule has 0 aromatic carbocycles. The molecule has 0 fully saturated rings. The van der Waals surface area contributed by atoms with Crippen LogP contribution in [0, 0.1) is 0 Å². The molecule has 21 heavy (non-hydrogen) atoms. The van der Waals surface area contributed by atoms with Crippen LogP contribution in [0.3, 0.4) is 0 Å². The molecule has 2 heterocycles. The Kier molecular flexibility index (Phi) is 4.02. The predicted octanol–water partition coefficient (Wildman–Crippen LogP) is 1.25. The van der Waals surface area contributed by atoms with Gasteiger partial charge in [-0.1, -0.05) is 0 Å². The molecule has 1 aliphatic heterocycles. The fourth-order valence-electron chi connectivity index (χ4n) is 1.84. The van der Waals surface area contributed by atoms with Crippen LogP contribution in [-0.4, -0.2) is 41.0 Å². The van der Waals surface area contributed by atoms with Gasteiger partial charge in [0.15, 0.2) is 5.84 Å². The van der Waals surface area contributed by atoms with Gasteiger partial charge in [-0.05, 0) is 32.9 Å². The van der Waals surface area contributed by atoms with Crippen molar-refractivity contribution in [1.29, 1.82) is 0 Å². The summed E-state index contributed by atoms with van der Waals surface area (Å²) in [6.45, 7) is 4.68. The molecule has 1 N–H and O–H groups in total. The van der Waals surface area contributed by atoms with Crippen LogP contribution in [0.25, 0.3) is 0 Å². The van der Waals surface area contributed by atoms with E-state index in [0.29, 0.717) is 11.3 Å². The molecule has 2 atom stereocenters. The Morgan fingerprint density at radius 2 is 2.29 bits per heavy atom. The standard InChI is InChI=1S/C14H16FN3O3/c1-4-21-12(19)9-5-6-16-10(7-9)11-17-13(20)14(3,18-11)8(2)15/h5-8H,4H2,1-3H3,(H,17,18,20). The molecule has 1 aliphatic rings. The maximum atomic E-state index is 13.6. The lowest BCUT2D eigenvalue weighted by molar-refractivity contribution is -0.123. The van der Waals surface area contributed by atoms with Gasteiger partial charge < -0.3 is 10.1 Å². The summed E-state index contributed by atoms with van der Waals surface area (Å²) < 4.78 is 18.5. The van der Waals surface area contributed by atoms with Crippen molar-refractivity contribution in [2.75, 3.05) is 6.61 Å². The van der Waals surface area contributed by atoms with E-state index in [4.69, 9.17) is 4.74 Å². The number of amides is 1. The second-order valence-electron chi connectivity index (χ2n) is 4.86. The van der Waals surface area contributed by atoms with E-state index in [1.165, 1.54) is 32.2 Å². The summed E-state index contributed by atoms with van der Waals surface area (Å²) in [5.74, 6) is -0.943. The summed E-state index contributed by atoms with van der Waals surface area (Å²) in [5, 5.41) is 2.74. The number of aromatic nitrogens is 1. The number of nitrogens with one attached hydrogen (secondary N) is 1. The first kappa shape index (κ1) is 15.1. The molecule has 6 nitrogen and oxygen atoms in total. The minimum absolute atomic E-state index is 0.151. The lowest BCUT2D eigenvalue weighted by Gasteiger charge is -2.24. The highest BCUT2D eigenvalue weighted by Gasteiger charge is 2.45. The van der Waals surface area contributed by atoms with Crippen LogP contribution in [0.5, 0.6) is 0 Å². The molecule has 0 bridgehead atoms. The van der Waals surface area contributed by atoms with Gasteiger partial charge in [-0.15, -0.1) is 0 Å². The van der Waals surface area contributed by atoms with Gasteiger partial charge in [0.05, 0.1) is 12.2 Å². The topological polar surface area (TPSA) is 80.7 Å². The number of rotatable bonds is 4. The Labute approximate surface area is 121 Å². The first-order valence-corrected chi connectivity index (χ1v) is 6.57. The number of pyridine rings is 1. The Balaban J connectivity index is 2.28. The van der Waals surface area contributed by atoms with Crippen molar-refractivity contribution in [3.8, 4) is 0 Å². The molecule has 0 radical (unpaired) electrons. The smallest absolute Gasteiger partial charge is 0.338 e. The Morgan fingerprint density at radius 3 is 2.86 bits per heavy atom. The largest absolute Gasteiger partial charge is 0.462 e. The van der Waals surface area contributed by atoms with Gasteiger partial charge in [0.25, 0.3) is 5.91 Å². The normalized spacial score (nSPS) is 22.5. The highest BCUT2D eigenvalue weighted by atomic mass is 19.1. The third kappa shape index (κ3) is 2.76. The molecule has 1 aromatic heterocycles. The molecule has 0 saturated heterocycles. The van der Waals surface area contributed by atoms with Crippen LogP contribution in [0.2, 0.25) is 0 Å². The van der Waals surface area contributed by atoms with Crippen molar-refractivity contribution in [3.05, 3.63) is 29.6 Å². The zero-order valence-electron chi connectivity index (χ0n) is 12.0. The predicted molar refractivity (Wildman–Crippen MR) is 73.8 cm³/mol. The molecular weight excluding hydrogens is 277 g/mol. The highest BCUT2D eigenvalue weighted by Crippen LogP contribution is 2.22. The van der Waals surface area contributed by atoms with Gasteiger partial charge in [-0.25, -0.2) is 9.18 Å². The van der Waals surface area contributed by atoms with Crippen molar-refractivity contribution in [2.24, 2.45) is 4.99 Å². The number of ether oxygens (including phenoxy) is 1. The third-order valence-corrected chi connectivity index (χ3v) is 3.34. The molecule has 0 aliphatic carbocycles. The van der Waals surface area contributed by atoms with Gasteiger partial charge in [0, 0.05) is 6.20 Å². The number of alkyl halides is 1. The number of esters is 1. The fraction of sp³-hybridized carbons (Fsp3) is 0.429. The van der Waals surface area contributed by atoms with E-state index in [-0.39, 0.29) is 12.4 Å². The molecule has 1 amide bonds. The van der Waals surface area contributed by atoms with Gasteiger partial charge >= 0.3 is 5.97 Å². The number of amidine groups is 1. The number of halogens is 1. The zero-order valence-corrected chi connectivity index (χ0v) is 12.0. The van der Waals surface area contributed by atoms with Crippen LogP contribution in [0.4, 0.5) is 4.39 Å². The van der Waals surface area contributed by atoms with E-state index >= 15 is 0 Å². The van der Waals surface area contributed by atoms with Crippen LogP contribution in [0.15, 0.2) is 23.3 Å². The van der Waals surface area contributed by atoms with E-state index in [0.717, 1.165) is 0 Å². The van der Waals surface area contributed by atoms with Crippen LogP contribution < -0.4 is 5.32 Å². The second-order valence-corrected chi connectivity index (χ2v) is 4.86. The Hall–Kier alpha value is -2.31. The van der Waals surface area contributed by atoms with Crippen LogP contribution >= 0.6 is 0 Å². The number of aliphatic imine (C=N–C) groups is 1. The molecule has 2 rings (SSSR count). The van der Waals surface area contributed by atoms with E-state index in [9.17, 15) is 14.0 Å². The van der Waals surface area contributed by atoms with Crippen molar-refractivity contribution in [1.82, 2.24) is 10.3 Å². The van der Waals surface area contributed by atoms with Crippen molar-refractivity contribution >= 4 is 17.7 Å².